The molecule has 1 aromatic heterocycles. The van der Waals surface area contributed by atoms with Crippen LogP contribution in [0.15, 0.2) is 16.5 Å². The van der Waals surface area contributed by atoms with Gasteiger partial charge in [0.05, 0.1) is 6.54 Å². The summed E-state index contributed by atoms with van der Waals surface area (Å²) in [5, 5.41) is 3.48. The summed E-state index contributed by atoms with van der Waals surface area (Å²) in [4.78, 5) is 0. The minimum Gasteiger partial charge on any atom is -0.465 e. The monoisotopic (exact) mass is 223 g/mol. The second-order valence-electron chi connectivity index (χ2n) is 4.86. The molecule has 16 heavy (non-hydrogen) atoms. The van der Waals surface area contributed by atoms with Crippen molar-refractivity contribution >= 4 is 0 Å². The van der Waals surface area contributed by atoms with E-state index in [4.69, 9.17) is 9.15 Å². The molecule has 1 aliphatic rings. The molecule has 0 aromatic carbocycles. The van der Waals surface area contributed by atoms with Gasteiger partial charge >= 0.3 is 0 Å². The molecule has 1 aromatic rings. The highest BCUT2D eigenvalue weighted by molar-refractivity contribution is 5.05. The van der Waals surface area contributed by atoms with Gasteiger partial charge in [-0.05, 0) is 43.7 Å². The fraction of sp³-hybridized carbons (Fsp3) is 0.692. The smallest absolute Gasteiger partial charge is 0.117 e. The van der Waals surface area contributed by atoms with Crippen LogP contribution >= 0.6 is 0 Å². The predicted molar refractivity (Wildman–Crippen MR) is 63.3 cm³/mol. The van der Waals surface area contributed by atoms with Crippen LogP contribution in [0.25, 0.3) is 0 Å². The Labute approximate surface area is 97.2 Å². The van der Waals surface area contributed by atoms with Gasteiger partial charge < -0.3 is 14.5 Å². The van der Waals surface area contributed by atoms with Crippen LogP contribution in [0.5, 0.6) is 0 Å². The predicted octanol–water partition coefficient (Wildman–Crippen LogP) is 2.49. The Kier molecular flexibility index (Phi) is 3.66. The Bertz CT molecular complexity index is 328. The number of rotatable bonds is 7. The summed E-state index contributed by atoms with van der Waals surface area (Å²) in [6.45, 7) is 4.77. The first-order chi connectivity index (χ1) is 7.74. The van der Waals surface area contributed by atoms with Gasteiger partial charge in [0.2, 0.25) is 0 Å². The highest BCUT2D eigenvalue weighted by atomic mass is 16.5. The first-order valence-corrected chi connectivity index (χ1v) is 5.99. The molecular weight excluding hydrogens is 202 g/mol. The van der Waals surface area contributed by atoms with Gasteiger partial charge in [-0.15, -0.1) is 0 Å². The number of hydrogen-bond donors (Lipinski definition) is 1. The minimum atomic E-state index is 0.512. The minimum absolute atomic E-state index is 0.512. The van der Waals surface area contributed by atoms with Crippen molar-refractivity contribution in [1.82, 2.24) is 5.32 Å². The van der Waals surface area contributed by atoms with E-state index < -0.39 is 0 Å². The second kappa shape index (κ2) is 5.02. The quantitative estimate of drug-likeness (QED) is 0.771. The standard InChI is InChI=1S/C13H21NO2/c1-11-3-4-12(16-11)9-14-10-13(5-6-13)7-8-15-2/h3-4,14H,5-10H2,1-2H3. The van der Waals surface area contributed by atoms with Gasteiger partial charge in [-0.3, -0.25) is 0 Å². The fourth-order valence-corrected chi connectivity index (χ4v) is 2.04. The lowest BCUT2D eigenvalue weighted by Crippen LogP contribution is -2.24. The Morgan fingerprint density at radius 3 is 2.81 bits per heavy atom. The lowest BCUT2D eigenvalue weighted by molar-refractivity contribution is 0.171. The van der Waals surface area contributed by atoms with E-state index in [0.717, 1.165) is 31.2 Å². The molecule has 3 nitrogen and oxygen atoms in total. The average molecular weight is 223 g/mol. The molecule has 90 valence electrons. The summed E-state index contributed by atoms with van der Waals surface area (Å²) in [6.07, 6.45) is 3.84. The molecule has 0 radical (unpaired) electrons. The number of aryl methyl sites for hydroxylation is 1. The molecule has 1 saturated carbocycles. The van der Waals surface area contributed by atoms with Crippen LogP contribution in [0.3, 0.4) is 0 Å². The summed E-state index contributed by atoms with van der Waals surface area (Å²) >= 11 is 0. The molecule has 1 aliphatic carbocycles. The Morgan fingerprint density at radius 1 is 1.44 bits per heavy atom. The number of nitrogens with one attached hydrogen (secondary N) is 1. The Morgan fingerprint density at radius 2 is 2.25 bits per heavy atom. The van der Waals surface area contributed by atoms with Crippen LogP contribution in [0.4, 0.5) is 0 Å². The van der Waals surface area contributed by atoms with Crippen molar-refractivity contribution in [3.63, 3.8) is 0 Å². The largest absolute Gasteiger partial charge is 0.465 e. The molecule has 0 bridgehead atoms. The second-order valence-corrected chi connectivity index (χ2v) is 4.86. The van der Waals surface area contributed by atoms with Gasteiger partial charge in [0.25, 0.3) is 0 Å². The Hall–Kier alpha value is -0.800. The first-order valence-electron chi connectivity index (χ1n) is 5.99. The molecule has 1 heterocycles. The van der Waals surface area contributed by atoms with E-state index in [0.29, 0.717) is 5.41 Å². The molecule has 0 saturated heterocycles. The normalized spacial score (nSPS) is 17.6. The maximum atomic E-state index is 5.51. The summed E-state index contributed by atoms with van der Waals surface area (Å²) in [5.74, 6) is 2.01. The van der Waals surface area contributed by atoms with Crippen molar-refractivity contribution in [2.45, 2.75) is 32.7 Å². The molecule has 0 unspecified atom stereocenters. The molecule has 2 rings (SSSR count). The van der Waals surface area contributed by atoms with E-state index in [1.807, 2.05) is 19.1 Å². The van der Waals surface area contributed by atoms with Gasteiger partial charge in [-0.25, -0.2) is 0 Å². The average Bonchev–Trinajstić information content (AvgIpc) is 2.92. The molecule has 3 heteroatoms. The Balaban J connectivity index is 1.68. The molecule has 1 fully saturated rings. The summed E-state index contributed by atoms with van der Waals surface area (Å²) in [7, 11) is 1.77. The van der Waals surface area contributed by atoms with Crippen LogP contribution < -0.4 is 5.32 Å². The third-order valence-corrected chi connectivity index (χ3v) is 3.39. The van der Waals surface area contributed by atoms with Gasteiger partial charge in [0.15, 0.2) is 0 Å². The number of ether oxygens (including phenoxy) is 1. The maximum Gasteiger partial charge on any atom is 0.117 e. The van der Waals surface area contributed by atoms with E-state index in [2.05, 4.69) is 5.32 Å². The van der Waals surface area contributed by atoms with Gasteiger partial charge in [-0.2, -0.15) is 0 Å². The number of methoxy groups -OCH3 is 1. The van der Waals surface area contributed by atoms with Crippen LogP contribution in [0.1, 0.15) is 30.8 Å². The maximum absolute atomic E-state index is 5.51. The number of furan rings is 1. The molecule has 0 amide bonds. The van der Waals surface area contributed by atoms with Crippen LogP contribution in [0.2, 0.25) is 0 Å². The van der Waals surface area contributed by atoms with Crippen LogP contribution in [0, 0.1) is 12.3 Å². The van der Waals surface area contributed by atoms with Crippen molar-refractivity contribution in [3.8, 4) is 0 Å². The molecular formula is C13H21NO2. The first kappa shape index (κ1) is 11.7. The van der Waals surface area contributed by atoms with Crippen molar-refractivity contribution in [3.05, 3.63) is 23.7 Å². The summed E-state index contributed by atoms with van der Waals surface area (Å²) < 4.78 is 10.7. The van der Waals surface area contributed by atoms with E-state index in [1.165, 1.54) is 19.3 Å². The van der Waals surface area contributed by atoms with E-state index in [-0.39, 0.29) is 0 Å². The summed E-state index contributed by atoms with van der Waals surface area (Å²) in [5.41, 5.74) is 0.512. The SMILES string of the molecule is COCCC1(CNCc2ccc(C)o2)CC1. The molecule has 1 N–H and O–H groups in total. The van der Waals surface area contributed by atoms with Gasteiger partial charge in [0, 0.05) is 20.3 Å². The van der Waals surface area contributed by atoms with Crippen molar-refractivity contribution in [1.29, 1.82) is 0 Å². The van der Waals surface area contributed by atoms with Crippen LogP contribution in [-0.4, -0.2) is 20.3 Å². The zero-order chi connectivity index (χ0) is 11.4. The van der Waals surface area contributed by atoms with Gasteiger partial charge in [-0.1, -0.05) is 0 Å². The third kappa shape index (κ3) is 3.09. The topological polar surface area (TPSA) is 34.4 Å². The van der Waals surface area contributed by atoms with E-state index in [1.54, 1.807) is 7.11 Å². The van der Waals surface area contributed by atoms with Crippen LogP contribution in [-0.2, 0) is 11.3 Å². The zero-order valence-electron chi connectivity index (χ0n) is 10.2. The number of hydrogen-bond acceptors (Lipinski definition) is 3. The highest BCUT2D eigenvalue weighted by Gasteiger charge is 2.41. The van der Waals surface area contributed by atoms with Gasteiger partial charge in [0.1, 0.15) is 11.5 Å². The fourth-order valence-electron chi connectivity index (χ4n) is 2.04. The highest BCUT2D eigenvalue weighted by Crippen LogP contribution is 2.48. The van der Waals surface area contributed by atoms with Crippen molar-refractivity contribution < 1.29 is 9.15 Å². The molecule has 0 aliphatic heterocycles. The van der Waals surface area contributed by atoms with Crippen molar-refractivity contribution in [2.24, 2.45) is 5.41 Å². The van der Waals surface area contributed by atoms with E-state index in [9.17, 15) is 0 Å². The third-order valence-electron chi connectivity index (χ3n) is 3.39. The zero-order valence-corrected chi connectivity index (χ0v) is 10.2. The lowest BCUT2D eigenvalue weighted by atomic mass is 10.0. The molecule has 0 spiro atoms. The lowest BCUT2D eigenvalue weighted by Gasteiger charge is -2.14. The van der Waals surface area contributed by atoms with Crippen molar-refractivity contribution in [2.75, 3.05) is 20.3 Å². The summed E-state index contributed by atoms with van der Waals surface area (Å²) in [6, 6.07) is 4.05. The molecule has 0 atom stereocenters. The van der Waals surface area contributed by atoms with E-state index >= 15 is 0 Å².